The summed E-state index contributed by atoms with van der Waals surface area (Å²) >= 11 is 0. The van der Waals surface area contributed by atoms with E-state index in [4.69, 9.17) is 0 Å². The maximum Gasteiger partial charge on any atom is 0.416 e. The van der Waals surface area contributed by atoms with Crippen LogP contribution in [0.25, 0.3) is 0 Å². The van der Waals surface area contributed by atoms with Crippen molar-refractivity contribution in [3.63, 3.8) is 0 Å². The number of rotatable bonds is 4. The molecule has 0 unspecified atom stereocenters. The fourth-order valence-electron chi connectivity index (χ4n) is 2.99. The van der Waals surface area contributed by atoms with Crippen molar-refractivity contribution in [1.29, 1.82) is 0 Å². The Labute approximate surface area is 169 Å². The van der Waals surface area contributed by atoms with Crippen LogP contribution in [-0.2, 0) is 21.0 Å². The third kappa shape index (κ3) is 4.51. The van der Waals surface area contributed by atoms with Gasteiger partial charge >= 0.3 is 6.18 Å². The van der Waals surface area contributed by atoms with Gasteiger partial charge in [0, 0.05) is 31.7 Å². The molecule has 2 aromatic rings. The summed E-state index contributed by atoms with van der Waals surface area (Å²) in [6, 6.07) is 7.83. The SMILES string of the molecule is O=C(C(=O)N1CCN(S(=O)(=O)c2ccc(F)cc2)CC1)c1cccc(C(F)(F)F)c1. The molecule has 160 valence electrons. The average molecular weight is 444 g/mol. The summed E-state index contributed by atoms with van der Waals surface area (Å²) in [5.74, 6) is -2.69. The zero-order valence-electron chi connectivity index (χ0n) is 15.4. The lowest BCUT2D eigenvalue weighted by molar-refractivity contribution is -0.137. The van der Waals surface area contributed by atoms with Crippen LogP contribution in [0.4, 0.5) is 17.6 Å². The van der Waals surface area contributed by atoms with Gasteiger partial charge in [0.2, 0.25) is 15.8 Å². The number of ketones is 1. The summed E-state index contributed by atoms with van der Waals surface area (Å²) in [5, 5.41) is 0. The van der Waals surface area contributed by atoms with E-state index in [2.05, 4.69) is 0 Å². The first kappa shape index (κ1) is 21.9. The van der Waals surface area contributed by atoms with Crippen molar-refractivity contribution in [2.75, 3.05) is 26.2 Å². The number of hydrogen-bond acceptors (Lipinski definition) is 4. The summed E-state index contributed by atoms with van der Waals surface area (Å²) in [6.45, 7) is -0.434. The van der Waals surface area contributed by atoms with Crippen LogP contribution in [-0.4, -0.2) is 55.5 Å². The van der Waals surface area contributed by atoms with E-state index in [0.29, 0.717) is 6.07 Å². The normalized spacial score (nSPS) is 15.8. The molecule has 0 aliphatic carbocycles. The molecule has 1 heterocycles. The standard InChI is InChI=1S/C19H16F4N2O4S/c20-15-4-6-16(7-5-15)30(28,29)25-10-8-24(9-11-25)18(27)17(26)13-2-1-3-14(12-13)19(21,22)23/h1-7,12H,8-11H2. The Bertz CT molecular complexity index is 1060. The Kier molecular flexibility index (Phi) is 5.95. The van der Waals surface area contributed by atoms with E-state index in [1.165, 1.54) is 0 Å². The maximum absolute atomic E-state index is 13.0. The Morgan fingerprint density at radius 2 is 1.50 bits per heavy atom. The Hall–Kier alpha value is -2.79. The lowest BCUT2D eigenvalue weighted by atomic mass is 10.1. The molecule has 0 atom stereocenters. The van der Waals surface area contributed by atoms with Gasteiger partial charge in [0.1, 0.15) is 5.82 Å². The molecule has 0 radical (unpaired) electrons. The third-order valence-corrected chi connectivity index (χ3v) is 6.54. The van der Waals surface area contributed by atoms with E-state index in [9.17, 15) is 35.6 Å². The second-order valence-electron chi connectivity index (χ2n) is 6.56. The molecule has 0 N–H and O–H groups in total. The van der Waals surface area contributed by atoms with Crippen molar-refractivity contribution in [2.45, 2.75) is 11.1 Å². The van der Waals surface area contributed by atoms with Gasteiger partial charge in [0.05, 0.1) is 10.5 Å². The van der Waals surface area contributed by atoms with Crippen LogP contribution in [0.5, 0.6) is 0 Å². The fraction of sp³-hybridized carbons (Fsp3) is 0.263. The van der Waals surface area contributed by atoms with Crippen LogP contribution in [0.3, 0.4) is 0 Å². The van der Waals surface area contributed by atoms with E-state index in [-0.39, 0.29) is 31.1 Å². The quantitative estimate of drug-likeness (QED) is 0.413. The first-order chi connectivity index (χ1) is 14.0. The van der Waals surface area contributed by atoms with Gasteiger partial charge in [0.15, 0.2) is 0 Å². The number of halogens is 4. The lowest BCUT2D eigenvalue weighted by Crippen LogP contribution is -2.52. The molecule has 1 saturated heterocycles. The number of sulfonamides is 1. The minimum absolute atomic E-state index is 0.107. The van der Waals surface area contributed by atoms with Crippen molar-refractivity contribution in [3.05, 3.63) is 65.5 Å². The van der Waals surface area contributed by atoms with E-state index >= 15 is 0 Å². The van der Waals surface area contributed by atoms with Gasteiger partial charge in [-0.3, -0.25) is 9.59 Å². The van der Waals surface area contributed by atoms with Crippen molar-refractivity contribution < 1.29 is 35.6 Å². The Morgan fingerprint density at radius 1 is 0.900 bits per heavy atom. The number of Topliss-reactive ketones (excluding diaryl/α,β-unsaturated/α-hetero) is 1. The molecule has 1 aliphatic heterocycles. The van der Waals surface area contributed by atoms with Crippen LogP contribution < -0.4 is 0 Å². The molecule has 1 aliphatic rings. The van der Waals surface area contributed by atoms with E-state index in [1.807, 2.05) is 0 Å². The highest BCUT2D eigenvalue weighted by Crippen LogP contribution is 2.29. The van der Waals surface area contributed by atoms with Gasteiger partial charge in [-0.25, -0.2) is 12.8 Å². The summed E-state index contributed by atoms with van der Waals surface area (Å²) in [7, 11) is -3.90. The number of amides is 1. The molecule has 6 nitrogen and oxygen atoms in total. The predicted molar refractivity (Wildman–Crippen MR) is 97.5 cm³/mol. The molecule has 0 bridgehead atoms. The monoisotopic (exact) mass is 444 g/mol. The molecule has 0 aromatic heterocycles. The van der Waals surface area contributed by atoms with E-state index < -0.39 is 44.8 Å². The minimum Gasteiger partial charge on any atom is -0.333 e. The average Bonchev–Trinajstić information content (AvgIpc) is 2.72. The predicted octanol–water partition coefficient (Wildman–Crippen LogP) is 2.56. The molecule has 2 aromatic carbocycles. The molecule has 0 spiro atoms. The highest BCUT2D eigenvalue weighted by Gasteiger charge is 2.34. The third-order valence-electron chi connectivity index (χ3n) is 4.62. The Morgan fingerprint density at radius 3 is 2.07 bits per heavy atom. The van der Waals surface area contributed by atoms with E-state index in [0.717, 1.165) is 51.7 Å². The fourth-order valence-corrected chi connectivity index (χ4v) is 4.41. The Balaban J connectivity index is 1.68. The summed E-state index contributed by atoms with van der Waals surface area (Å²) < 4.78 is 77.7. The number of carbonyl (C=O) groups excluding carboxylic acids is 2. The van der Waals surface area contributed by atoms with Gasteiger partial charge in [-0.05, 0) is 36.4 Å². The summed E-state index contributed by atoms with van der Waals surface area (Å²) in [6.07, 6.45) is -4.65. The molecule has 1 fully saturated rings. The van der Waals surface area contributed by atoms with Gasteiger partial charge < -0.3 is 4.90 Å². The molecule has 30 heavy (non-hydrogen) atoms. The number of hydrogen-bond donors (Lipinski definition) is 0. The van der Waals surface area contributed by atoms with E-state index in [1.54, 1.807) is 0 Å². The molecule has 3 rings (SSSR count). The summed E-state index contributed by atoms with van der Waals surface area (Å²) in [4.78, 5) is 25.7. The van der Waals surface area contributed by atoms with Gasteiger partial charge in [0.25, 0.3) is 5.91 Å². The van der Waals surface area contributed by atoms with Crippen LogP contribution >= 0.6 is 0 Å². The van der Waals surface area contributed by atoms with Crippen molar-refractivity contribution in [1.82, 2.24) is 9.21 Å². The van der Waals surface area contributed by atoms with Crippen molar-refractivity contribution in [3.8, 4) is 0 Å². The summed E-state index contributed by atoms with van der Waals surface area (Å²) in [5.41, 5.74) is -1.44. The first-order valence-corrected chi connectivity index (χ1v) is 10.2. The molecular formula is C19H16F4N2O4S. The smallest absolute Gasteiger partial charge is 0.333 e. The highest BCUT2D eigenvalue weighted by atomic mass is 32.2. The van der Waals surface area contributed by atoms with Gasteiger partial charge in [-0.2, -0.15) is 17.5 Å². The zero-order valence-corrected chi connectivity index (χ0v) is 16.2. The van der Waals surface area contributed by atoms with Crippen molar-refractivity contribution in [2.24, 2.45) is 0 Å². The number of alkyl halides is 3. The van der Waals surface area contributed by atoms with Crippen LogP contribution in [0.1, 0.15) is 15.9 Å². The largest absolute Gasteiger partial charge is 0.416 e. The van der Waals surface area contributed by atoms with Crippen LogP contribution in [0.15, 0.2) is 53.4 Å². The van der Waals surface area contributed by atoms with Crippen molar-refractivity contribution >= 4 is 21.7 Å². The minimum atomic E-state index is -4.65. The lowest BCUT2D eigenvalue weighted by Gasteiger charge is -2.33. The van der Waals surface area contributed by atoms with Crippen LogP contribution in [0, 0.1) is 5.82 Å². The maximum atomic E-state index is 13.0. The molecular weight excluding hydrogens is 428 g/mol. The zero-order chi connectivity index (χ0) is 22.1. The number of piperazine rings is 1. The highest BCUT2D eigenvalue weighted by molar-refractivity contribution is 7.89. The van der Waals surface area contributed by atoms with Gasteiger partial charge in [-0.15, -0.1) is 0 Å². The topological polar surface area (TPSA) is 74.8 Å². The van der Waals surface area contributed by atoms with Crippen LogP contribution in [0.2, 0.25) is 0 Å². The molecule has 0 saturated carbocycles. The molecule has 11 heteroatoms. The number of nitrogens with zero attached hydrogens (tertiary/aromatic N) is 2. The second-order valence-corrected chi connectivity index (χ2v) is 8.50. The second kappa shape index (κ2) is 8.15. The first-order valence-electron chi connectivity index (χ1n) is 8.77. The molecule has 1 amide bonds. The number of benzene rings is 2. The van der Waals surface area contributed by atoms with Gasteiger partial charge in [-0.1, -0.05) is 12.1 Å². The number of carbonyl (C=O) groups is 2.